The number of benzene rings is 1. The van der Waals surface area contributed by atoms with Gasteiger partial charge in [0, 0.05) is 17.1 Å². The minimum Gasteiger partial charge on any atom is -0.310 e. The molecular formula is C14H21BrClN. The minimum atomic E-state index is 0.555. The molecule has 2 unspecified atom stereocenters. The number of hydrogen-bond acceptors (Lipinski definition) is 1. The molecule has 2 atom stereocenters. The summed E-state index contributed by atoms with van der Waals surface area (Å²) >= 11 is 9.41. The number of halogens is 2. The van der Waals surface area contributed by atoms with Gasteiger partial charge in [-0.2, -0.15) is 0 Å². The highest BCUT2D eigenvalue weighted by molar-refractivity contribution is 9.10. The second kappa shape index (κ2) is 7.40. The smallest absolute Gasteiger partial charge is 0.0548 e. The quantitative estimate of drug-likeness (QED) is 0.777. The van der Waals surface area contributed by atoms with Gasteiger partial charge in [0.25, 0.3) is 0 Å². The van der Waals surface area contributed by atoms with Gasteiger partial charge in [0.2, 0.25) is 0 Å². The molecule has 0 radical (unpaired) electrons. The summed E-state index contributed by atoms with van der Waals surface area (Å²) in [4.78, 5) is 0. The first-order valence-electron chi connectivity index (χ1n) is 6.20. The van der Waals surface area contributed by atoms with Gasteiger partial charge in [0.1, 0.15) is 0 Å². The van der Waals surface area contributed by atoms with E-state index < -0.39 is 0 Å². The lowest BCUT2D eigenvalue weighted by atomic mass is 10.0. The van der Waals surface area contributed by atoms with Gasteiger partial charge < -0.3 is 5.32 Å². The van der Waals surface area contributed by atoms with Crippen molar-refractivity contribution in [3.8, 4) is 0 Å². The van der Waals surface area contributed by atoms with Crippen LogP contribution in [0.15, 0.2) is 22.7 Å². The molecular weight excluding hydrogens is 298 g/mol. The Kier molecular flexibility index (Phi) is 6.53. The van der Waals surface area contributed by atoms with Crippen molar-refractivity contribution < 1.29 is 0 Å². The van der Waals surface area contributed by atoms with Crippen molar-refractivity contribution in [3.05, 3.63) is 33.3 Å². The summed E-state index contributed by atoms with van der Waals surface area (Å²) in [5.74, 6) is 0.787. The molecule has 0 saturated carbocycles. The largest absolute Gasteiger partial charge is 0.310 e. The molecule has 0 aliphatic heterocycles. The first kappa shape index (κ1) is 15.0. The second-order valence-electron chi connectivity index (χ2n) is 4.78. The highest BCUT2D eigenvalue weighted by atomic mass is 79.9. The average Bonchev–Trinajstić information content (AvgIpc) is 2.30. The summed E-state index contributed by atoms with van der Waals surface area (Å²) < 4.78 is 0.966. The van der Waals surface area contributed by atoms with Gasteiger partial charge in [0.15, 0.2) is 0 Å². The maximum absolute atomic E-state index is 5.96. The van der Waals surface area contributed by atoms with Crippen LogP contribution in [0, 0.1) is 5.92 Å². The number of hydrogen-bond donors (Lipinski definition) is 1. The van der Waals surface area contributed by atoms with Crippen molar-refractivity contribution in [1.29, 1.82) is 0 Å². The van der Waals surface area contributed by atoms with Crippen LogP contribution < -0.4 is 5.32 Å². The fourth-order valence-electron chi connectivity index (χ4n) is 1.80. The molecule has 0 bridgehead atoms. The van der Waals surface area contributed by atoms with Gasteiger partial charge in [-0.15, -0.1) is 0 Å². The Labute approximate surface area is 118 Å². The predicted octanol–water partition coefficient (Wildman–Crippen LogP) is 5.02. The molecule has 1 aromatic rings. The summed E-state index contributed by atoms with van der Waals surface area (Å²) in [5.41, 5.74) is 1.26. The molecule has 3 heteroatoms. The molecule has 17 heavy (non-hydrogen) atoms. The molecule has 0 aromatic heterocycles. The molecule has 0 spiro atoms. The van der Waals surface area contributed by atoms with Crippen LogP contribution in [0.3, 0.4) is 0 Å². The van der Waals surface area contributed by atoms with E-state index in [1.54, 1.807) is 0 Å². The maximum atomic E-state index is 5.96. The molecule has 0 amide bonds. The summed E-state index contributed by atoms with van der Waals surface area (Å²) in [6, 6.07) is 6.63. The van der Waals surface area contributed by atoms with E-state index in [4.69, 9.17) is 11.6 Å². The first-order chi connectivity index (χ1) is 8.02. The van der Waals surface area contributed by atoms with Crippen molar-refractivity contribution >= 4 is 27.5 Å². The molecule has 0 aliphatic carbocycles. The Balaban J connectivity index is 2.42. The Morgan fingerprint density at radius 1 is 1.35 bits per heavy atom. The molecule has 1 nitrogen and oxygen atoms in total. The van der Waals surface area contributed by atoms with Crippen LogP contribution in [0.4, 0.5) is 0 Å². The zero-order valence-corrected chi connectivity index (χ0v) is 13.1. The normalized spacial score (nSPS) is 14.6. The van der Waals surface area contributed by atoms with E-state index in [1.807, 2.05) is 6.07 Å². The Morgan fingerprint density at radius 2 is 2.06 bits per heavy atom. The molecule has 1 N–H and O–H groups in total. The zero-order chi connectivity index (χ0) is 12.8. The van der Waals surface area contributed by atoms with Gasteiger partial charge in [-0.1, -0.05) is 37.9 Å². The van der Waals surface area contributed by atoms with Crippen molar-refractivity contribution in [1.82, 2.24) is 5.32 Å². The van der Waals surface area contributed by atoms with E-state index in [0.29, 0.717) is 6.04 Å². The van der Waals surface area contributed by atoms with Crippen molar-refractivity contribution in [3.63, 3.8) is 0 Å². The third-order valence-corrected chi connectivity index (χ3v) is 4.31. The molecule has 1 aromatic carbocycles. The van der Waals surface area contributed by atoms with E-state index in [9.17, 15) is 0 Å². The van der Waals surface area contributed by atoms with Crippen LogP contribution in [0.25, 0.3) is 0 Å². The van der Waals surface area contributed by atoms with Crippen LogP contribution in [-0.2, 0) is 6.54 Å². The summed E-state index contributed by atoms with van der Waals surface area (Å²) in [6.45, 7) is 7.69. The fourth-order valence-corrected chi connectivity index (χ4v) is 2.34. The van der Waals surface area contributed by atoms with Gasteiger partial charge >= 0.3 is 0 Å². The third kappa shape index (κ3) is 5.41. The number of nitrogens with one attached hydrogen (secondary N) is 1. The maximum Gasteiger partial charge on any atom is 0.0548 e. The highest BCUT2D eigenvalue weighted by Crippen LogP contribution is 2.23. The Morgan fingerprint density at radius 3 is 2.65 bits per heavy atom. The molecule has 96 valence electrons. The summed E-state index contributed by atoms with van der Waals surface area (Å²) in [6.07, 6.45) is 2.48. The van der Waals surface area contributed by atoms with E-state index >= 15 is 0 Å². The molecule has 0 saturated heterocycles. The van der Waals surface area contributed by atoms with Crippen LogP contribution in [0.5, 0.6) is 0 Å². The molecule has 0 fully saturated rings. The van der Waals surface area contributed by atoms with Crippen LogP contribution >= 0.6 is 27.5 Å². The van der Waals surface area contributed by atoms with E-state index in [0.717, 1.165) is 22.0 Å². The van der Waals surface area contributed by atoms with Crippen molar-refractivity contribution in [2.24, 2.45) is 5.92 Å². The first-order valence-corrected chi connectivity index (χ1v) is 7.37. The average molecular weight is 319 g/mol. The lowest BCUT2D eigenvalue weighted by Gasteiger charge is -2.17. The summed E-state index contributed by atoms with van der Waals surface area (Å²) in [5, 5.41) is 4.31. The Bertz CT molecular complexity index is 354. The van der Waals surface area contributed by atoms with Gasteiger partial charge in [0.05, 0.1) is 5.02 Å². The standard InChI is InChI=1S/C14H21BrClN/c1-4-10(2)7-11(3)17-9-12-5-6-14(16)13(15)8-12/h5-6,8,10-11,17H,4,7,9H2,1-3H3. The van der Waals surface area contributed by atoms with Gasteiger partial charge in [-0.25, -0.2) is 0 Å². The van der Waals surface area contributed by atoms with E-state index in [-0.39, 0.29) is 0 Å². The van der Waals surface area contributed by atoms with Gasteiger partial charge in [-0.05, 0) is 52.9 Å². The SMILES string of the molecule is CCC(C)CC(C)NCc1ccc(Cl)c(Br)c1. The number of rotatable bonds is 6. The van der Waals surface area contributed by atoms with Crippen molar-refractivity contribution in [2.75, 3.05) is 0 Å². The monoisotopic (exact) mass is 317 g/mol. The van der Waals surface area contributed by atoms with E-state index in [2.05, 4.69) is 54.2 Å². The van der Waals surface area contributed by atoms with Crippen LogP contribution in [0.2, 0.25) is 5.02 Å². The second-order valence-corrected chi connectivity index (χ2v) is 6.04. The molecule has 0 aliphatic rings. The minimum absolute atomic E-state index is 0.555. The molecule has 0 heterocycles. The van der Waals surface area contributed by atoms with E-state index in [1.165, 1.54) is 18.4 Å². The summed E-state index contributed by atoms with van der Waals surface area (Å²) in [7, 11) is 0. The van der Waals surface area contributed by atoms with Crippen molar-refractivity contribution in [2.45, 2.75) is 46.2 Å². The van der Waals surface area contributed by atoms with Gasteiger partial charge in [-0.3, -0.25) is 0 Å². The topological polar surface area (TPSA) is 12.0 Å². The zero-order valence-electron chi connectivity index (χ0n) is 10.8. The molecule has 1 rings (SSSR count). The third-order valence-electron chi connectivity index (χ3n) is 3.09. The lowest BCUT2D eigenvalue weighted by molar-refractivity contribution is 0.412. The van der Waals surface area contributed by atoms with Crippen LogP contribution in [-0.4, -0.2) is 6.04 Å². The Hall–Kier alpha value is -0.0500. The predicted molar refractivity (Wildman–Crippen MR) is 79.5 cm³/mol. The fraction of sp³-hybridized carbons (Fsp3) is 0.571. The lowest BCUT2D eigenvalue weighted by Crippen LogP contribution is -2.27. The van der Waals surface area contributed by atoms with Crippen LogP contribution in [0.1, 0.15) is 39.2 Å². The highest BCUT2D eigenvalue weighted by Gasteiger charge is 2.07.